The highest BCUT2D eigenvalue weighted by molar-refractivity contribution is 7.15. The van der Waals surface area contributed by atoms with Crippen LogP contribution in [0.5, 0.6) is 5.75 Å². The number of ether oxygens (including phenoxy) is 2. The molecule has 0 unspecified atom stereocenters. The van der Waals surface area contributed by atoms with Gasteiger partial charge in [-0.05, 0) is 43.0 Å². The zero-order valence-electron chi connectivity index (χ0n) is 22.0. The van der Waals surface area contributed by atoms with Gasteiger partial charge in [-0.15, -0.1) is 10.2 Å². The molecule has 11 nitrogen and oxygen atoms in total. The van der Waals surface area contributed by atoms with Crippen LogP contribution in [0.1, 0.15) is 40.3 Å². The molecule has 212 valence electrons. The van der Waals surface area contributed by atoms with Gasteiger partial charge in [-0.2, -0.15) is 0 Å². The van der Waals surface area contributed by atoms with Crippen LogP contribution in [0.25, 0.3) is 11.1 Å². The van der Waals surface area contributed by atoms with Crippen LogP contribution in [0.15, 0.2) is 30.5 Å². The van der Waals surface area contributed by atoms with E-state index in [1.165, 1.54) is 30.1 Å². The lowest BCUT2D eigenvalue weighted by molar-refractivity contribution is -0.120. The summed E-state index contributed by atoms with van der Waals surface area (Å²) in [6.45, 7) is 0.165. The molecule has 3 heterocycles. The number of nitrogens with zero attached hydrogens (tertiary/aromatic N) is 5. The van der Waals surface area contributed by atoms with Crippen molar-refractivity contribution in [3.05, 3.63) is 46.7 Å². The monoisotopic (exact) mass is 582 g/mol. The highest BCUT2D eigenvalue weighted by Crippen LogP contribution is 2.37. The fourth-order valence-corrected chi connectivity index (χ4v) is 4.78. The zero-order chi connectivity index (χ0) is 29.1. The molecule has 1 N–H and O–H groups in total. The number of benzene rings is 1. The van der Waals surface area contributed by atoms with Crippen molar-refractivity contribution in [3.8, 4) is 28.7 Å². The third kappa shape index (κ3) is 6.25. The number of carbonyl (C=O) groups is 3. The van der Waals surface area contributed by atoms with E-state index in [9.17, 15) is 23.2 Å². The Bertz CT molecular complexity index is 1560. The summed E-state index contributed by atoms with van der Waals surface area (Å²) >= 11 is 1.11. The first-order chi connectivity index (χ1) is 19.8. The maximum absolute atomic E-state index is 13.6. The van der Waals surface area contributed by atoms with Gasteiger partial charge in [0.1, 0.15) is 18.0 Å². The van der Waals surface area contributed by atoms with Crippen LogP contribution in [0.2, 0.25) is 0 Å². The first-order valence-electron chi connectivity index (χ1n) is 12.5. The molecule has 2 aromatic heterocycles. The molecule has 3 amide bonds. The van der Waals surface area contributed by atoms with Gasteiger partial charge in [0.15, 0.2) is 5.01 Å². The van der Waals surface area contributed by atoms with Gasteiger partial charge in [-0.1, -0.05) is 17.3 Å². The Morgan fingerprint density at radius 1 is 1.15 bits per heavy atom. The van der Waals surface area contributed by atoms with Crippen LogP contribution in [0.4, 0.5) is 24.4 Å². The molecule has 1 saturated heterocycles. The Kier molecular flexibility index (Phi) is 8.06. The minimum absolute atomic E-state index is 0.111. The minimum atomic E-state index is -2.87. The number of methoxy groups -OCH3 is 2. The van der Waals surface area contributed by atoms with Crippen LogP contribution in [0.3, 0.4) is 0 Å². The number of hydrogen-bond acceptors (Lipinski definition) is 9. The molecular weight excluding hydrogens is 558 g/mol. The summed E-state index contributed by atoms with van der Waals surface area (Å²) in [5, 5.41) is 11.4. The summed E-state index contributed by atoms with van der Waals surface area (Å²) in [6, 6.07) is 5.74. The van der Waals surface area contributed by atoms with Crippen LogP contribution in [0, 0.1) is 17.8 Å². The minimum Gasteiger partial charge on any atom is -0.494 e. The number of aromatic nitrogens is 3. The molecule has 1 aliphatic heterocycles. The van der Waals surface area contributed by atoms with Gasteiger partial charge >= 0.3 is 6.09 Å². The van der Waals surface area contributed by atoms with E-state index in [-0.39, 0.29) is 53.1 Å². The number of rotatable bonds is 6. The van der Waals surface area contributed by atoms with Crippen molar-refractivity contribution in [2.45, 2.75) is 19.3 Å². The molecule has 0 radical (unpaired) electrons. The highest BCUT2D eigenvalue weighted by Gasteiger charge is 2.30. The van der Waals surface area contributed by atoms with Crippen molar-refractivity contribution >= 4 is 40.1 Å². The maximum Gasteiger partial charge on any atom is 0.410 e. The molecule has 1 aromatic carbocycles. The average molecular weight is 583 g/mol. The number of piperazine rings is 1. The van der Waals surface area contributed by atoms with E-state index >= 15 is 0 Å². The Balaban J connectivity index is 1.51. The van der Waals surface area contributed by atoms with Crippen molar-refractivity contribution < 1.29 is 32.6 Å². The average Bonchev–Trinajstić information content (AvgIpc) is 3.71. The van der Waals surface area contributed by atoms with Crippen LogP contribution < -0.4 is 15.0 Å². The van der Waals surface area contributed by atoms with Crippen LogP contribution in [-0.4, -0.2) is 71.8 Å². The van der Waals surface area contributed by atoms with Crippen molar-refractivity contribution in [2.24, 2.45) is 5.92 Å². The van der Waals surface area contributed by atoms with E-state index in [2.05, 4.69) is 32.3 Å². The number of pyridine rings is 1. The number of carbonyl (C=O) groups excluding carboxylic acids is 3. The van der Waals surface area contributed by atoms with E-state index in [0.29, 0.717) is 16.6 Å². The molecule has 0 bridgehead atoms. The third-order valence-corrected chi connectivity index (χ3v) is 7.20. The van der Waals surface area contributed by atoms with Gasteiger partial charge < -0.3 is 14.4 Å². The maximum atomic E-state index is 13.6. The van der Waals surface area contributed by atoms with E-state index in [1.807, 2.05) is 0 Å². The molecule has 1 saturated carbocycles. The standard InChI is InChI=1S/C27H24F2N6O5S/c1-39-21-13-30-20(24(28)29)12-19(21)18-11-16(35-10-9-34(14-23(35)36)27(38)40-2)6-7-17(18)25(37)31-26-33-32-22(41-26)8-5-15-3-4-15/h6-7,11-13,15,24H,3-4,9-10,14H2,1-2H3,(H,31,33,37). The summed E-state index contributed by atoms with van der Waals surface area (Å²) in [5.41, 5.74) is 0.404. The Morgan fingerprint density at radius 2 is 1.95 bits per heavy atom. The molecule has 3 aromatic rings. The second kappa shape index (κ2) is 11.8. The lowest BCUT2D eigenvalue weighted by atomic mass is 9.97. The number of amides is 3. The molecule has 0 atom stereocenters. The predicted molar refractivity (Wildman–Crippen MR) is 145 cm³/mol. The first-order valence-corrected chi connectivity index (χ1v) is 13.3. The smallest absolute Gasteiger partial charge is 0.410 e. The lowest BCUT2D eigenvalue weighted by Gasteiger charge is -2.33. The fourth-order valence-electron chi connectivity index (χ4n) is 4.18. The number of anilines is 2. The summed E-state index contributed by atoms with van der Waals surface area (Å²) in [6.07, 6.45) is -0.213. The van der Waals surface area contributed by atoms with Crippen molar-refractivity contribution in [2.75, 3.05) is 44.1 Å². The molecule has 0 spiro atoms. The van der Waals surface area contributed by atoms with Gasteiger partial charge in [-0.25, -0.2) is 13.6 Å². The van der Waals surface area contributed by atoms with Crippen molar-refractivity contribution in [3.63, 3.8) is 0 Å². The second-order valence-corrected chi connectivity index (χ2v) is 10.2. The summed E-state index contributed by atoms with van der Waals surface area (Å²) in [4.78, 5) is 44.8. The topological polar surface area (TPSA) is 127 Å². The molecule has 2 aliphatic rings. The van der Waals surface area contributed by atoms with Gasteiger partial charge in [0.2, 0.25) is 11.0 Å². The van der Waals surface area contributed by atoms with E-state index in [4.69, 9.17) is 9.47 Å². The number of halogens is 2. The second-order valence-electron chi connectivity index (χ2n) is 9.19. The van der Waals surface area contributed by atoms with Crippen molar-refractivity contribution in [1.29, 1.82) is 0 Å². The van der Waals surface area contributed by atoms with E-state index in [1.54, 1.807) is 12.1 Å². The number of nitrogens with one attached hydrogen (secondary N) is 1. The molecule has 41 heavy (non-hydrogen) atoms. The molecule has 5 rings (SSSR count). The first kappa shape index (κ1) is 27.9. The predicted octanol–water partition coefficient (Wildman–Crippen LogP) is 3.98. The van der Waals surface area contributed by atoms with Gasteiger partial charge in [0, 0.05) is 41.4 Å². The van der Waals surface area contributed by atoms with Gasteiger partial charge in [-0.3, -0.25) is 24.8 Å². The molecule has 1 aliphatic carbocycles. The van der Waals surface area contributed by atoms with E-state index < -0.39 is 24.1 Å². The molecule has 14 heteroatoms. The van der Waals surface area contributed by atoms with Crippen LogP contribution in [-0.2, 0) is 9.53 Å². The quantitative estimate of drug-likeness (QED) is 0.433. The Labute approximate surface area is 237 Å². The summed E-state index contributed by atoms with van der Waals surface area (Å²) in [7, 11) is 2.59. The van der Waals surface area contributed by atoms with Crippen molar-refractivity contribution in [1.82, 2.24) is 20.1 Å². The molecular formula is C27H24F2N6O5S. The number of alkyl halides is 2. The van der Waals surface area contributed by atoms with Gasteiger partial charge in [0.05, 0.1) is 20.4 Å². The van der Waals surface area contributed by atoms with Crippen LogP contribution >= 0.6 is 11.3 Å². The number of hydrogen-bond donors (Lipinski definition) is 1. The Hall–Kier alpha value is -4.64. The molecule has 2 fully saturated rings. The largest absolute Gasteiger partial charge is 0.494 e. The van der Waals surface area contributed by atoms with Gasteiger partial charge in [0.25, 0.3) is 12.3 Å². The fraction of sp³-hybridized carbons (Fsp3) is 0.333. The lowest BCUT2D eigenvalue weighted by Crippen LogP contribution is -2.52. The highest BCUT2D eigenvalue weighted by atomic mass is 32.1. The SMILES string of the molecule is COC(=O)N1CCN(c2ccc(C(=O)Nc3nnc(C#CC4CC4)s3)c(-c3cc(C(F)F)ncc3OC)c2)C(=O)C1. The summed E-state index contributed by atoms with van der Waals surface area (Å²) < 4.78 is 37.3. The normalized spacial score (nSPS) is 14.9. The Morgan fingerprint density at radius 3 is 2.63 bits per heavy atom. The third-order valence-electron chi connectivity index (χ3n) is 6.44. The summed E-state index contributed by atoms with van der Waals surface area (Å²) in [5.74, 6) is 5.60. The van der Waals surface area contributed by atoms with E-state index in [0.717, 1.165) is 36.4 Å². The zero-order valence-corrected chi connectivity index (χ0v) is 22.8.